The molecular weight excluding hydrogens is 391 g/mol. The fourth-order valence-electron chi connectivity index (χ4n) is 2.78. The van der Waals surface area contributed by atoms with Crippen molar-refractivity contribution >= 4 is 52.4 Å². The lowest BCUT2D eigenvalue weighted by Gasteiger charge is -2.19. The lowest BCUT2D eigenvalue weighted by Crippen LogP contribution is -2.27. The van der Waals surface area contributed by atoms with E-state index in [9.17, 15) is 14.4 Å². The monoisotopic (exact) mass is 406 g/mol. The van der Waals surface area contributed by atoms with Gasteiger partial charge in [-0.3, -0.25) is 9.59 Å². The Kier molecular flexibility index (Phi) is 5.98. The van der Waals surface area contributed by atoms with Crippen LogP contribution in [0.15, 0.2) is 42.5 Å². The first-order chi connectivity index (χ1) is 12.9. The molecule has 0 aliphatic carbocycles. The van der Waals surface area contributed by atoms with E-state index in [0.717, 1.165) is 0 Å². The highest BCUT2D eigenvalue weighted by Crippen LogP contribution is 2.29. The lowest BCUT2D eigenvalue weighted by molar-refractivity contribution is -0.119. The minimum absolute atomic E-state index is 0.0787. The molecule has 1 saturated heterocycles. The fourth-order valence-corrected chi connectivity index (χ4v) is 3.13. The Morgan fingerprint density at radius 3 is 2.59 bits per heavy atom. The summed E-state index contributed by atoms with van der Waals surface area (Å²) in [6.45, 7) is 0.0378. The average Bonchev–Trinajstić information content (AvgIpc) is 3.05. The highest BCUT2D eigenvalue weighted by atomic mass is 35.5. The molecule has 1 heterocycles. The first-order valence-corrected chi connectivity index (χ1v) is 9.02. The van der Waals surface area contributed by atoms with Gasteiger partial charge in [-0.15, -0.1) is 0 Å². The largest absolute Gasteiger partial charge is 0.452 e. The van der Waals surface area contributed by atoms with Gasteiger partial charge in [-0.1, -0.05) is 29.3 Å². The molecule has 1 N–H and O–H groups in total. The van der Waals surface area contributed by atoms with Crippen molar-refractivity contribution in [3.63, 3.8) is 0 Å². The second-order valence-corrected chi connectivity index (χ2v) is 6.82. The molecule has 8 heteroatoms. The van der Waals surface area contributed by atoms with Gasteiger partial charge in [0.25, 0.3) is 5.91 Å². The second kappa shape index (κ2) is 8.41. The molecule has 0 spiro atoms. The molecule has 0 bridgehead atoms. The van der Waals surface area contributed by atoms with Gasteiger partial charge in [-0.2, -0.15) is 0 Å². The van der Waals surface area contributed by atoms with Gasteiger partial charge in [0.1, 0.15) is 0 Å². The number of nitrogens with one attached hydrogen (secondary N) is 1. The molecule has 2 aromatic rings. The van der Waals surface area contributed by atoms with Crippen molar-refractivity contribution in [1.29, 1.82) is 0 Å². The first-order valence-electron chi connectivity index (χ1n) is 8.26. The fraction of sp³-hybridized carbons (Fsp3) is 0.211. The van der Waals surface area contributed by atoms with Crippen LogP contribution in [0.25, 0.3) is 0 Å². The maximum Gasteiger partial charge on any atom is 0.340 e. The maximum absolute atomic E-state index is 12.4. The van der Waals surface area contributed by atoms with E-state index in [2.05, 4.69) is 5.32 Å². The topological polar surface area (TPSA) is 75.7 Å². The normalized spacial score (nSPS) is 13.6. The van der Waals surface area contributed by atoms with E-state index in [1.54, 1.807) is 30.3 Å². The van der Waals surface area contributed by atoms with Crippen molar-refractivity contribution in [2.45, 2.75) is 12.8 Å². The molecule has 1 aliphatic heterocycles. The van der Waals surface area contributed by atoms with Gasteiger partial charge < -0.3 is 15.0 Å². The summed E-state index contributed by atoms with van der Waals surface area (Å²) >= 11 is 11.9. The minimum atomic E-state index is -0.706. The molecule has 1 fully saturated rings. The third-order valence-electron chi connectivity index (χ3n) is 3.99. The molecule has 27 heavy (non-hydrogen) atoms. The van der Waals surface area contributed by atoms with Crippen molar-refractivity contribution in [3.8, 4) is 0 Å². The van der Waals surface area contributed by atoms with E-state index < -0.39 is 18.5 Å². The number of anilines is 2. The number of ether oxygens (including phenoxy) is 1. The zero-order chi connectivity index (χ0) is 19.4. The summed E-state index contributed by atoms with van der Waals surface area (Å²) in [4.78, 5) is 38.0. The van der Waals surface area contributed by atoms with Crippen LogP contribution in [-0.2, 0) is 14.3 Å². The van der Waals surface area contributed by atoms with Crippen LogP contribution >= 0.6 is 23.2 Å². The highest BCUT2D eigenvalue weighted by molar-refractivity contribution is 6.31. The van der Waals surface area contributed by atoms with Crippen LogP contribution in [0.3, 0.4) is 0 Å². The molecule has 3 rings (SSSR count). The quantitative estimate of drug-likeness (QED) is 0.763. The summed E-state index contributed by atoms with van der Waals surface area (Å²) in [6.07, 6.45) is 1.13. The standard InChI is InChI=1S/C19H16Cl2N2O4/c20-12-3-1-4-14(9-12)22-17(24)11-27-19(26)15-7-6-13(21)10-16(15)23-8-2-5-18(23)25/h1,3-4,6-7,9-10H,2,5,8,11H2,(H,22,24). The van der Waals surface area contributed by atoms with E-state index in [0.29, 0.717) is 40.8 Å². The van der Waals surface area contributed by atoms with Crippen LogP contribution in [-0.4, -0.2) is 30.9 Å². The Morgan fingerprint density at radius 2 is 1.89 bits per heavy atom. The molecular formula is C19H16Cl2N2O4. The molecule has 0 radical (unpaired) electrons. The number of carbonyl (C=O) groups is 3. The molecule has 2 aromatic carbocycles. The van der Waals surface area contributed by atoms with E-state index in [1.807, 2.05) is 0 Å². The smallest absolute Gasteiger partial charge is 0.340 e. The molecule has 140 valence electrons. The van der Waals surface area contributed by atoms with Crippen molar-refractivity contribution < 1.29 is 19.1 Å². The second-order valence-electron chi connectivity index (χ2n) is 5.95. The summed E-state index contributed by atoms with van der Waals surface area (Å²) < 4.78 is 5.10. The first kappa shape index (κ1) is 19.2. The molecule has 0 aromatic heterocycles. The summed E-state index contributed by atoms with van der Waals surface area (Å²) in [6, 6.07) is 11.2. The van der Waals surface area contributed by atoms with Crippen LogP contribution in [0.5, 0.6) is 0 Å². The number of carbonyl (C=O) groups excluding carboxylic acids is 3. The zero-order valence-electron chi connectivity index (χ0n) is 14.2. The van der Waals surface area contributed by atoms with Gasteiger partial charge in [0, 0.05) is 28.7 Å². The number of halogens is 2. The number of amides is 2. The summed E-state index contributed by atoms with van der Waals surface area (Å²) in [5, 5.41) is 3.47. The Hall–Kier alpha value is -2.57. The van der Waals surface area contributed by atoms with Crippen molar-refractivity contribution in [1.82, 2.24) is 0 Å². The van der Waals surface area contributed by atoms with E-state index in [1.165, 1.54) is 17.0 Å². The molecule has 0 unspecified atom stereocenters. The Morgan fingerprint density at radius 1 is 1.11 bits per heavy atom. The van der Waals surface area contributed by atoms with Crippen LogP contribution in [0.2, 0.25) is 10.0 Å². The number of hydrogen-bond acceptors (Lipinski definition) is 4. The van der Waals surface area contributed by atoms with Crippen LogP contribution in [0.1, 0.15) is 23.2 Å². The Labute approximate surface area is 166 Å². The number of nitrogens with zero attached hydrogens (tertiary/aromatic N) is 1. The van der Waals surface area contributed by atoms with Gasteiger partial charge >= 0.3 is 5.97 Å². The van der Waals surface area contributed by atoms with Crippen molar-refractivity contribution in [3.05, 3.63) is 58.1 Å². The lowest BCUT2D eigenvalue weighted by atomic mass is 10.1. The Balaban J connectivity index is 1.67. The number of hydrogen-bond donors (Lipinski definition) is 1. The third-order valence-corrected chi connectivity index (χ3v) is 4.46. The molecule has 1 aliphatic rings. The minimum Gasteiger partial charge on any atom is -0.452 e. The summed E-state index contributed by atoms with van der Waals surface area (Å²) in [5.74, 6) is -1.29. The predicted molar refractivity (Wildman–Crippen MR) is 103 cm³/mol. The SMILES string of the molecule is O=C(COC(=O)c1ccc(Cl)cc1N1CCCC1=O)Nc1cccc(Cl)c1. The van der Waals surface area contributed by atoms with Crippen LogP contribution < -0.4 is 10.2 Å². The molecule has 2 amide bonds. The molecule has 6 nitrogen and oxygen atoms in total. The van der Waals surface area contributed by atoms with Gasteiger partial charge in [0.2, 0.25) is 5.91 Å². The molecule has 0 atom stereocenters. The van der Waals surface area contributed by atoms with E-state index in [-0.39, 0.29) is 11.5 Å². The van der Waals surface area contributed by atoms with Crippen molar-refractivity contribution in [2.75, 3.05) is 23.4 Å². The Bertz CT molecular complexity index is 901. The van der Waals surface area contributed by atoms with Gasteiger partial charge in [0.05, 0.1) is 11.3 Å². The third kappa shape index (κ3) is 4.78. The van der Waals surface area contributed by atoms with Crippen LogP contribution in [0, 0.1) is 0 Å². The summed E-state index contributed by atoms with van der Waals surface area (Å²) in [7, 11) is 0. The van der Waals surface area contributed by atoms with Crippen LogP contribution in [0.4, 0.5) is 11.4 Å². The number of esters is 1. The van der Waals surface area contributed by atoms with Crippen molar-refractivity contribution in [2.24, 2.45) is 0 Å². The summed E-state index contributed by atoms with van der Waals surface area (Å²) in [5.41, 5.74) is 1.08. The average molecular weight is 407 g/mol. The van der Waals surface area contributed by atoms with E-state index in [4.69, 9.17) is 27.9 Å². The highest BCUT2D eigenvalue weighted by Gasteiger charge is 2.27. The van der Waals surface area contributed by atoms with Gasteiger partial charge in [-0.25, -0.2) is 4.79 Å². The van der Waals surface area contributed by atoms with Gasteiger partial charge in [-0.05, 0) is 42.8 Å². The number of benzene rings is 2. The maximum atomic E-state index is 12.4. The predicted octanol–water partition coefficient (Wildman–Crippen LogP) is 3.92. The zero-order valence-corrected chi connectivity index (χ0v) is 15.7. The van der Waals surface area contributed by atoms with E-state index >= 15 is 0 Å². The molecule has 0 saturated carbocycles. The number of rotatable bonds is 5. The van der Waals surface area contributed by atoms with Gasteiger partial charge in [0.15, 0.2) is 6.61 Å².